The van der Waals surface area contributed by atoms with Crippen LogP contribution in [0.2, 0.25) is 0 Å². The number of aliphatic hydroxyl groups excluding tert-OH is 1. The highest BCUT2D eigenvalue weighted by Gasteiger charge is 2.20. The van der Waals surface area contributed by atoms with E-state index in [0.717, 1.165) is 25.6 Å². The van der Waals surface area contributed by atoms with Crippen LogP contribution in [-0.4, -0.2) is 48.5 Å². The van der Waals surface area contributed by atoms with Crippen molar-refractivity contribution in [1.29, 1.82) is 0 Å². The maximum Gasteiger partial charge on any atom is 0.0900 e. The van der Waals surface area contributed by atoms with E-state index >= 15 is 0 Å². The smallest absolute Gasteiger partial charge is 0.0900 e. The lowest BCUT2D eigenvalue weighted by molar-refractivity contribution is -0.0125. The average molecular weight is 243 g/mol. The number of hydrogen-bond acceptors (Lipinski definition) is 3. The van der Waals surface area contributed by atoms with Crippen molar-refractivity contribution in [3.8, 4) is 0 Å². The number of ether oxygens (including phenoxy) is 1. The van der Waals surface area contributed by atoms with Gasteiger partial charge in [-0.15, -0.1) is 0 Å². The van der Waals surface area contributed by atoms with Gasteiger partial charge in [-0.25, -0.2) is 0 Å². The Morgan fingerprint density at radius 2 is 1.94 bits per heavy atom. The molecule has 1 unspecified atom stereocenters. The molecule has 1 fully saturated rings. The van der Waals surface area contributed by atoms with Crippen LogP contribution in [0.3, 0.4) is 0 Å². The summed E-state index contributed by atoms with van der Waals surface area (Å²) >= 11 is 0. The van der Waals surface area contributed by atoms with Gasteiger partial charge in [-0.3, -0.25) is 0 Å². The number of rotatable bonds is 7. The van der Waals surface area contributed by atoms with E-state index in [1.54, 1.807) is 0 Å². The predicted octanol–water partition coefficient (Wildman–Crippen LogP) is 2.28. The summed E-state index contributed by atoms with van der Waals surface area (Å²) in [6.45, 7) is 9.79. The Morgan fingerprint density at radius 3 is 2.47 bits per heavy atom. The zero-order valence-electron chi connectivity index (χ0n) is 11.7. The molecule has 0 aromatic heterocycles. The van der Waals surface area contributed by atoms with Gasteiger partial charge >= 0.3 is 0 Å². The van der Waals surface area contributed by atoms with Crippen LogP contribution in [0.1, 0.15) is 46.5 Å². The van der Waals surface area contributed by atoms with Gasteiger partial charge in [-0.1, -0.05) is 19.8 Å². The zero-order valence-corrected chi connectivity index (χ0v) is 11.7. The van der Waals surface area contributed by atoms with Crippen molar-refractivity contribution in [1.82, 2.24) is 4.90 Å². The maximum atomic E-state index is 9.85. The number of piperidine rings is 1. The van der Waals surface area contributed by atoms with Crippen molar-refractivity contribution in [2.75, 3.05) is 26.2 Å². The molecule has 0 spiro atoms. The maximum absolute atomic E-state index is 9.85. The fourth-order valence-electron chi connectivity index (χ4n) is 2.52. The van der Waals surface area contributed by atoms with Crippen LogP contribution in [0.25, 0.3) is 0 Å². The average Bonchev–Trinajstić information content (AvgIpc) is 2.29. The van der Waals surface area contributed by atoms with Crippen LogP contribution in [-0.2, 0) is 4.74 Å². The Kier molecular flexibility index (Phi) is 7.09. The second kappa shape index (κ2) is 8.06. The van der Waals surface area contributed by atoms with Gasteiger partial charge in [-0.2, -0.15) is 0 Å². The third-order valence-electron chi connectivity index (χ3n) is 3.49. The molecule has 1 saturated heterocycles. The molecule has 1 rings (SSSR count). The van der Waals surface area contributed by atoms with Gasteiger partial charge < -0.3 is 14.7 Å². The molecular formula is C14H29NO2. The van der Waals surface area contributed by atoms with E-state index in [1.807, 2.05) is 13.8 Å². The van der Waals surface area contributed by atoms with Gasteiger partial charge in [-0.05, 0) is 45.7 Å². The molecule has 1 aliphatic heterocycles. The largest absolute Gasteiger partial charge is 0.389 e. The molecule has 0 saturated carbocycles. The molecule has 17 heavy (non-hydrogen) atoms. The van der Waals surface area contributed by atoms with Crippen molar-refractivity contribution in [2.24, 2.45) is 5.92 Å². The summed E-state index contributed by atoms with van der Waals surface area (Å²) in [6.07, 6.45) is 5.14. The van der Waals surface area contributed by atoms with Gasteiger partial charge in [0.15, 0.2) is 0 Å². The van der Waals surface area contributed by atoms with Gasteiger partial charge in [0, 0.05) is 6.54 Å². The molecule has 1 heterocycles. The van der Waals surface area contributed by atoms with E-state index in [2.05, 4.69) is 11.8 Å². The fraction of sp³-hybridized carbons (Fsp3) is 1.00. The molecule has 0 amide bonds. The molecule has 3 nitrogen and oxygen atoms in total. The van der Waals surface area contributed by atoms with Crippen LogP contribution < -0.4 is 0 Å². The van der Waals surface area contributed by atoms with Gasteiger partial charge in [0.2, 0.25) is 0 Å². The third-order valence-corrected chi connectivity index (χ3v) is 3.49. The first-order valence-corrected chi connectivity index (χ1v) is 7.13. The summed E-state index contributed by atoms with van der Waals surface area (Å²) in [5.74, 6) is 0.917. The molecule has 1 aliphatic rings. The molecule has 102 valence electrons. The SMILES string of the molecule is CCCC1CCN(CC(O)COC(C)C)CC1. The van der Waals surface area contributed by atoms with Crippen LogP contribution in [0.15, 0.2) is 0 Å². The molecular weight excluding hydrogens is 214 g/mol. The van der Waals surface area contributed by atoms with Crippen molar-refractivity contribution < 1.29 is 9.84 Å². The standard InChI is InChI=1S/C14H29NO2/c1-4-5-13-6-8-15(9-7-13)10-14(16)11-17-12(2)3/h12-14,16H,4-11H2,1-3H3. The minimum atomic E-state index is -0.333. The Balaban J connectivity index is 2.12. The minimum absolute atomic E-state index is 0.208. The summed E-state index contributed by atoms with van der Waals surface area (Å²) < 4.78 is 5.43. The van der Waals surface area contributed by atoms with Crippen molar-refractivity contribution in [3.05, 3.63) is 0 Å². The second-order valence-electron chi connectivity index (χ2n) is 5.57. The normalized spacial score (nSPS) is 21.0. The van der Waals surface area contributed by atoms with E-state index in [1.165, 1.54) is 25.7 Å². The Morgan fingerprint density at radius 1 is 1.29 bits per heavy atom. The predicted molar refractivity (Wildman–Crippen MR) is 71.2 cm³/mol. The van der Waals surface area contributed by atoms with Crippen LogP contribution in [0.4, 0.5) is 0 Å². The zero-order chi connectivity index (χ0) is 12.7. The highest BCUT2D eigenvalue weighted by atomic mass is 16.5. The Bertz CT molecular complexity index is 189. The van der Waals surface area contributed by atoms with Crippen LogP contribution in [0.5, 0.6) is 0 Å². The van der Waals surface area contributed by atoms with Crippen molar-refractivity contribution in [3.63, 3.8) is 0 Å². The molecule has 3 heteroatoms. The lowest BCUT2D eigenvalue weighted by Gasteiger charge is -2.33. The molecule has 0 radical (unpaired) electrons. The van der Waals surface area contributed by atoms with Crippen LogP contribution >= 0.6 is 0 Å². The lowest BCUT2D eigenvalue weighted by Crippen LogP contribution is -2.40. The minimum Gasteiger partial charge on any atom is -0.389 e. The topological polar surface area (TPSA) is 32.7 Å². The van der Waals surface area contributed by atoms with E-state index < -0.39 is 0 Å². The lowest BCUT2D eigenvalue weighted by atomic mass is 9.92. The third kappa shape index (κ3) is 6.39. The number of β-amino-alcohol motifs (C(OH)–C–C–N with tert-alkyl or cyclic N) is 1. The molecule has 1 atom stereocenters. The molecule has 0 aromatic carbocycles. The number of hydrogen-bond donors (Lipinski definition) is 1. The first kappa shape index (κ1) is 14.9. The van der Waals surface area contributed by atoms with Crippen molar-refractivity contribution >= 4 is 0 Å². The first-order chi connectivity index (χ1) is 8.11. The van der Waals surface area contributed by atoms with Crippen molar-refractivity contribution in [2.45, 2.75) is 58.7 Å². The van der Waals surface area contributed by atoms with E-state index in [9.17, 15) is 5.11 Å². The number of nitrogens with zero attached hydrogens (tertiary/aromatic N) is 1. The molecule has 0 bridgehead atoms. The molecule has 0 aliphatic carbocycles. The summed E-state index contributed by atoms with van der Waals surface area (Å²) in [6, 6.07) is 0. The fourth-order valence-corrected chi connectivity index (χ4v) is 2.52. The first-order valence-electron chi connectivity index (χ1n) is 7.13. The van der Waals surface area contributed by atoms with E-state index in [0.29, 0.717) is 6.61 Å². The van der Waals surface area contributed by atoms with Gasteiger partial charge in [0.05, 0.1) is 18.8 Å². The number of likely N-dealkylation sites (tertiary alicyclic amines) is 1. The van der Waals surface area contributed by atoms with E-state index in [-0.39, 0.29) is 12.2 Å². The summed E-state index contributed by atoms with van der Waals surface area (Å²) in [5.41, 5.74) is 0. The van der Waals surface area contributed by atoms with Crippen LogP contribution in [0, 0.1) is 5.92 Å². The number of aliphatic hydroxyl groups is 1. The summed E-state index contributed by atoms with van der Waals surface area (Å²) in [5, 5.41) is 9.85. The van der Waals surface area contributed by atoms with E-state index in [4.69, 9.17) is 4.74 Å². The highest BCUT2D eigenvalue weighted by molar-refractivity contribution is 4.74. The molecule has 0 aromatic rings. The molecule has 1 N–H and O–H groups in total. The monoisotopic (exact) mass is 243 g/mol. The Labute approximate surface area is 106 Å². The second-order valence-corrected chi connectivity index (χ2v) is 5.57. The van der Waals surface area contributed by atoms with Gasteiger partial charge in [0.1, 0.15) is 0 Å². The summed E-state index contributed by atoms with van der Waals surface area (Å²) in [4.78, 5) is 2.38. The van der Waals surface area contributed by atoms with Gasteiger partial charge in [0.25, 0.3) is 0 Å². The highest BCUT2D eigenvalue weighted by Crippen LogP contribution is 2.21. The quantitative estimate of drug-likeness (QED) is 0.744. The Hall–Kier alpha value is -0.120. The summed E-state index contributed by atoms with van der Waals surface area (Å²) in [7, 11) is 0.